The Kier molecular flexibility index (Phi) is 5.89. The lowest BCUT2D eigenvalue weighted by atomic mass is 10.2. The van der Waals surface area contributed by atoms with Crippen LogP contribution in [0.15, 0.2) is 71.3 Å². The van der Waals surface area contributed by atoms with Crippen LogP contribution in [0.25, 0.3) is 0 Å². The number of furan rings is 1. The summed E-state index contributed by atoms with van der Waals surface area (Å²) in [6, 6.07) is 17.7. The highest BCUT2D eigenvalue weighted by Gasteiger charge is 2.19. The standard InChI is InChI=1S/C21H19NO5/c1-25-20-12-16(14-23)9-10-19(20)27-15-21(24)22(13-18-8-5-11-26-18)17-6-3-2-4-7-17/h2-12,14H,13,15H2,1H3. The monoisotopic (exact) mass is 365 g/mol. The Labute approximate surface area is 156 Å². The molecule has 0 atom stereocenters. The number of amides is 1. The minimum Gasteiger partial charge on any atom is -0.493 e. The van der Waals surface area contributed by atoms with Gasteiger partial charge in [0.15, 0.2) is 18.1 Å². The third-order valence-electron chi connectivity index (χ3n) is 3.94. The largest absolute Gasteiger partial charge is 0.493 e. The van der Waals surface area contributed by atoms with Crippen LogP contribution in [0.3, 0.4) is 0 Å². The molecule has 0 saturated heterocycles. The van der Waals surface area contributed by atoms with Gasteiger partial charge >= 0.3 is 0 Å². The highest BCUT2D eigenvalue weighted by atomic mass is 16.5. The first-order chi connectivity index (χ1) is 13.2. The zero-order valence-electron chi connectivity index (χ0n) is 14.8. The number of para-hydroxylation sites is 1. The Bertz CT molecular complexity index is 890. The van der Waals surface area contributed by atoms with Crippen molar-refractivity contribution >= 4 is 17.9 Å². The van der Waals surface area contributed by atoms with E-state index in [9.17, 15) is 9.59 Å². The third kappa shape index (κ3) is 4.55. The number of hydrogen-bond donors (Lipinski definition) is 0. The minimum atomic E-state index is -0.237. The molecule has 6 nitrogen and oxygen atoms in total. The molecular formula is C21H19NO5. The molecule has 0 unspecified atom stereocenters. The van der Waals surface area contributed by atoms with Gasteiger partial charge in [-0.25, -0.2) is 0 Å². The highest BCUT2D eigenvalue weighted by molar-refractivity contribution is 5.94. The van der Waals surface area contributed by atoms with E-state index < -0.39 is 0 Å². The average Bonchev–Trinajstić information content (AvgIpc) is 3.24. The minimum absolute atomic E-state index is 0.188. The van der Waals surface area contributed by atoms with Crippen LogP contribution in [0.1, 0.15) is 16.1 Å². The molecule has 1 heterocycles. The summed E-state index contributed by atoms with van der Waals surface area (Å²) in [4.78, 5) is 25.3. The van der Waals surface area contributed by atoms with Crippen molar-refractivity contribution < 1.29 is 23.5 Å². The summed E-state index contributed by atoms with van der Waals surface area (Å²) < 4.78 is 16.2. The summed E-state index contributed by atoms with van der Waals surface area (Å²) in [6.07, 6.45) is 2.29. The Morgan fingerprint density at radius 1 is 1.07 bits per heavy atom. The van der Waals surface area contributed by atoms with Gasteiger partial charge in [0.2, 0.25) is 0 Å². The molecule has 0 spiro atoms. The summed E-state index contributed by atoms with van der Waals surface area (Å²) in [5, 5.41) is 0. The van der Waals surface area contributed by atoms with E-state index in [0.717, 1.165) is 12.0 Å². The zero-order valence-corrected chi connectivity index (χ0v) is 14.8. The van der Waals surface area contributed by atoms with Crippen LogP contribution in [0.4, 0.5) is 5.69 Å². The van der Waals surface area contributed by atoms with Crippen molar-refractivity contribution in [3.05, 3.63) is 78.3 Å². The van der Waals surface area contributed by atoms with E-state index in [1.54, 1.807) is 35.4 Å². The number of rotatable bonds is 8. The molecule has 0 bridgehead atoms. The predicted octanol–water partition coefficient (Wildman–Crippen LogP) is 3.71. The number of ether oxygens (including phenoxy) is 2. The summed E-state index contributed by atoms with van der Waals surface area (Å²) in [6.45, 7) is 0.104. The van der Waals surface area contributed by atoms with Crippen LogP contribution in [-0.4, -0.2) is 25.9 Å². The quantitative estimate of drug-likeness (QED) is 0.569. The molecule has 0 aliphatic carbocycles. The molecule has 3 aromatic rings. The van der Waals surface area contributed by atoms with E-state index in [2.05, 4.69) is 0 Å². The summed E-state index contributed by atoms with van der Waals surface area (Å²) in [7, 11) is 1.48. The van der Waals surface area contributed by atoms with E-state index in [1.807, 2.05) is 36.4 Å². The second-order valence-electron chi connectivity index (χ2n) is 5.71. The third-order valence-corrected chi connectivity index (χ3v) is 3.94. The molecule has 27 heavy (non-hydrogen) atoms. The van der Waals surface area contributed by atoms with Gasteiger partial charge in [-0.3, -0.25) is 9.59 Å². The van der Waals surface area contributed by atoms with Crippen molar-refractivity contribution in [3.63, 3.8) is 0 Å². The fraction of sp³-hybridized carbons (Fsp3) is 0.143. The van der Waals surface area contributed by atoms with E-state index in [-0.39, 0.29) is 12.5 Å². The SMILES string of the molecule is COc1cc(C=O)ccc1OCC(=O)N(Cc1ccco1)c1ccccc1. The number of methoxy groups -OCH3 is 1. The van der Waals surface area contributed by atoms with Gasteiger partial charge in [-0.2, -0.15) is 0 Å². The second kappa shape index (κ2) is 8.71. The van der Waals surface area contributed by atoms with Gasteiger partial charge in [0.05, 0.1) is 19.9 Å². The molecule has 0 saturated carbocycles. The Hall–Kier alpha value is -3.54. The van der Waals surface area contributed by atoms with Gasteiger partial charge in [0.1, 0.15) is 12.0 Å². The van der Waals surface area contributed by atoms with Crippen molar-refractivity contribution in [2.75, 3.05) is 18.6 Å². The topological polar surface area (TPSA) is 69.0 Å². The first-order valence-corrected chi connectivity index (χ1v) is 8.35. The van der Waals surface area contributed by atoms with Gasteiger partial charge in [-0.15, -0.1) is 0 Å². The molecule has 1 aromatic heterocycles. The normalized spacial score (nSPS) is 10.3. The molecule has 138 valence electrons. The van der Waals surface area contributed by atoms with Gasteiger partial charge in [0, 0.05) is 11.3 Å². The molecule has 2 aromatic carbocycles. The molecule has 6 heteroatoms. The van der Waals surface area contributed by atoms with Crippen LogP contribution in [-0.2, 0) is 11.3 Å². The number of carbonyl (C=O) groups is 2. The molecule has 0 aliphatic rings. The lowest BCUT2D eigenvalue weighted by molar-refractivity contribution is -0.120. The Morgan fingerprint density at radius 2 is 1.89 bits per heavy atom. The maximum Gasteiger partial charge on any atom is 0.265 e. The number of carbonyl (C=O) groups excluding carboxylic acids is 2. The predicted molar refractivity (Wildman–Crippen MR) is 100 cm³/mol. The summed E-state index contributed by atoms with van der Waals surface area (Å²) in [5.41, 5.74) is 1.21. The molecule has 3 rings (SSSR count). The summed E-state index contributed by atoms with van der Waals surface area (Å²) >= 11 is 0. The number of aldehydes is 1. The van der Waals surface area contributed by atoms with E-state index in [1.165, 1.54) is 7.11 Å². The van der Waals surface area contributed by atoms with Crippen LogP contribution in [0.5, 0.6) is 11.5 Å². The molecule has 0 aliphatic heterocycles. The fourth-order valence-corrected chi connectivity index (χ4v) is 2.58. The first-order valence-electron chi connectivity index (χ1n) is 8.35. The van der Waals surface area contributed by atoms with Crippen molar-refractivity contribution in [3.8, 4) is 11.5 Å². The van der Waals surface area contributed by atoms with E-state index in [0.29, 0.717) is 29.4 Å². The maximum absolute atomic E-state index is 12.8. The van der Waals surface area contributed by atoms with Crippen LogP contribution >= 0.6 is 0 Å². The smallest absolute Gasteiger partial charge is 0.265 e. The number of benzene rings is 2. The average molecular weight is 365 g/mol. The van der Waals surface area contributed by atoms with Crippen molar-refractivity contribution in [2.45, 2.75) is 6.54 Å². The lowest BCUT2D eigenvalue weighted by Gasteiger charge is -2.22. The van der Waals surface area contributed by atoms with E-state index >= 15 is 0 Å². The maximum atomic E-state index is 12.8. The highest BCUT2D eigenvalue weighted by Crippen LogP contribution is 2.28. The molecular weight excluding hydrogens is 346 g/mol. The fourth-order valence-electron chi connectivity index (χ4n) is 2.58. The lowest BCUT2D eigenvalue weighted by Crippen LogP contribution is -2.34. The number of nitrogens with zero attached hydrogens (tertiary/aromatic N) is 1. The molecule has 0 radical (unpaired) electrons. The van der Waals surface area contributed by atoms with Gasteiger partial charge in [-0.05, 0) is 42.5 Å². The van der Waals surface area contributed by atoms with Crippen molar-refractivity contribution in [1.82, 2.24) is 0 Å². The van der Waals surface area contributed by atoms with Crippen LogP contribution in [0, 0.1) is 0 Å². The summed E-state index contributed by atoms with van der Waals surface area (Å²) in [5.74, 6) is 1.21. The van der Waals surface area contributed by atoms with Crippen LogP contribution in [0.2, 0.25) is 0 Å². The molecule has 0 N–H and O–H groups in total. The van der Waals surface area contributed by atoms with Crippen LogP contribution < -0.4 is 14.4 Å². The second-order valence-corrected chi connectivity index (χ2v) is 5.71. The zero-order chi connectivity index (χ0) is 19.1. The first kappa shape index (κ1) is 18.3. The molecule has 0 fully saturated rings. The Balaban J connectivity index is 1.76. The van der Waals surface area contributed by atoms with Gasteiger partial charge in [0.25, 0.3) is 5.91 Å². The van der Waals surface area contributed by atoms with Crippen molar-refractivity contribution in [1.29, 1.82) is 0 Å². The molecule has 1 amide bonds. The van der Waals surface area contributed by atoms with Gasteiger partial charge in [-0.1, -0.05) is 18.2 Å². The Morgan fingerprint density at radius 3 is 2.56 bits per heavy atom. The number of hydrogen-bond acceptors (Lipinski definition) is 5. The number of anilines is 1. The van der Waals surface area contributed by atoms with Gasteiger partial charge < -0.3 is 18.8 Å². The van der Waals surface area contributed by atoms with Crippen molar-refractivity contribution in [2.24, 2.45) is 0 Å². The van der Waals surface area contributed by atoms with E-state index in [4.69, 9.17) is 13.9 Å².